The topological polar surface area (TPSA) is 71.7 Å². The van der Waals surface area contributed by atoms with Crippen molar-refractivity contribution in [2.45, 2.75) is 0 Å². The fourth-order valence-electron chi connectivity index (χ4n) is 0.290. The molecule has 0 aromatic carbocycles. The fourth-order valence-corrected chi connectivity index (χ4v) is 0.290. The van der Waals surface area contributed by atoms with Gasteiger partial charge in [-0.1, -0.05) is 0 Å². The Kier molecular flexibility index (Phi) is 5.33. The van der Waals surface area contributed by atoms with E-state index in [0.717, 1.165) is 0 Å². The Morgan fingerprint density at radius 3 is 2.90 bits per heavy atom. The third-order valence-corrected chi connectivity index (χ3v) is 0.660. The first-order chi connectivity index (χ1) is 4.81. The van der Waals surface area contributed by atoms with Gasteiger partial charge in [-0.3, -0.25) is 0 Å². The number of hydrogen-bond donors (Lipinski definition) is 1. The lowest BCUT2D eigenvalue weighted by molar-refractivity contribution is 0.137. The van der Waals surface area contributed by atoms with E-state index in [1.807, 2.05) is 0 Å². The molecule has 1 N–H and O–H groups in total. The summed E-state index contributed by atoms with van der Waals surface area (Å²) >= 11 is 0. The Bertz CT molecular complexity index is 155. The van der Waals surface area contributed by atoms with Crippen molar-refractivity contribution in [3.05, 3.63) is 0 Å². The molecule has 5 nitrogen and oxygen atoms in total. The minimum Gasteiger partial charge on any atom is -0.445 e. The number of aliphatic imine (C=N–C) groups is 1. The molecule has 10 heavy (non-hydrogen) atoms. The zero-order valence-electron chi connectivity index (χ0n) is 5.59. The van der Waals surface area contributed by atoms with Gasteiger partial charge in [0.15, 0.2) is 0 Å². The highest BCUT2D eigenvalue weighted by Crippen LogP contribution is 1.80. The summed E-state index contributed by atoms with van der Waals surface area (Å²) < 4.78 is 8.99. The highest BCUT2D eigenvalue weighted by atomic mass is 16.6. The van der Waals surface area contributed by atoms with Crippen LogP contribution in [0.25, 0.3) is 0 Å². The maximum absolute atomic E-state index is 10.3. The summed E-state index contributed by atoms with van der Waals surface area (Å²) in [5.41, 5.74) is 0. The number of nitrogens with zero attached hydrogens (tertiary/aromatic N) is 1. The van der Waals surface area contributed by atoms with E-state index in [2.05, 4.69) is 14.4 Å². The SMILES string of the molecule is BOCCOC(=O)N=C=N. The molecule has 0 atom stereocenters. The van der Waals surface area contributed by atoms with Crippen LogP contribution in [-0.2, 0) is 9.39 Å². The number of hydrogen-bond acceptors (Lipinski definition) is 4. The molecule has 0 aromatic rings. The molecule has 0 radical (unpaired) electrons. The third kappa shape index (κ3) is 5.02. The summed E-state index contributed by atoms with van der Waals surface area (Å²) in [4.78, 5) is 13.2. The van der Waals surface area contributed by atoms with Gasteiger partial charge in [0.2, 0.25) is 0 Å². The van der Waals surface area contributed by atoms with E-state index in [1.165, 1.54) is 8.05 Å². The number of nitrogens with one attached hydrogen (secondary N) is 1. The largest absolute Gasteiger partial charge is 0.445 e. The summed E-state index contributed by atoms with van der Waals surface area (Å²) in [6.45, 7) is 0.486. The Labute approximate surface area is 59.0 Å². The quantitative estimate of drug-likeness (QED) is 0.326. The van der Waals surface area contributed by atoms with Crippen molar-refractivity contribution in [3.8, 4) is 0 Å². The van der Waals surface area contributed by atoms with E-state index in [9.17, 15) is 4.79 Å². The Morgan fingerprint density at radius 1 is 1.70 bits per heavy atom. The smallest absolute Gasteiger partial charge is 0.443 e. The Morgan fingerprint density at radius 2 is 2.40 bits per heavy atom. The van der Waals surface area contributed by atoms with Crippen LogP contribution in [0.15, 0.2) is 4.99 Å². The molecular formula is C4H7BN2O3. The lowest BCUT2D eigenvalue weighted by Crippen LogP contribution is -2.05. The first kappa shape index (κ1) is 8.87. The molecule has 0 saturated carbocycles. The van der Waals surface area contributed by atoms with Crippen LogP contribution in [-0.4, -0.2) is 33.4 Å². The summed E-state index contributed by atoms with van der Waals surface area (Å²) in [6, 6.07) is 1.55. The van der Waals surface area contributed by atoms with Gasteiger partial charge in [0, 0.05) is 0 Å². The zero-order valence-corrected chi connectivity index (χ0v) is 5.59. The Balaban J connectivity index is 3.31. The van der Waals surface area contributed by atoms with Crippen molar-refractivity contribution >= 4 is 20.2 Å². The normalized spacial score (nSPS) is 8.00. The molecule has 0 aliphatic carbocycles. The number of ether oxygens (including phenoxy) is 1. The van der Waals surface area contributed by atoms with Crippen molar-refractivity contribution in [1.29, 1.82) is 5.41 Å². The average Bonchev–Trinajstić information content (AvgIpc) is 1.89. The number of amides is 1. The van der Waals surface area contributed by atoms with Gasteiger partial charge in [-0.15, -0.1) is 4.99 Å². The number of rotatable bonds is 3. The van der Waals surface area contributed by atoms with E-state index in [4.69, 9.17) is 5.41 Å². The molecule has 54 valence electrons. The molecule has 0 heterocycles. The minimum absolute atomic E-state index is 0.153. The van der Waals surface area contributed by atoms with E-state index in [1.54, 1.807) is 6.01 Å². The standard InChI is InChI=1S/C4H7BN2O3/c5-10-2-1-9-4(8)7-3-6/h6H,1-2,5H2. The van der Waals surface area contributed by atoms with E-state index in [-0.39, 0.29) is 6.61 Å². The van der Waals surface area contributed by atoms with Crippen LogP contribution in [0.5, 0.6) is 0 Å². The van der Waals surface area contributed by atoms with Crippen LogP contribution < -0.4 is 0 Å². The van der Waals surface area contributed by atoms with Gasteiger partial charge in [0.05, 0.1) is 12.6 Å². The second kappa shape index (κ2) is 6.00. The van der Waals surface area contributed by atoms with E-state index < -0.39 is 6.09 Å². The highest BCUT2D eigenvalue weighted by molar-refractivity contribution is 5.97. The van der Waals surface area contributed by atoms with E-state index in [0.29, 0.717) is 6.61 Å². The van der Waals surface area contributed by atoms with Crippen LogP contribution >= 0.6 is 0 Å². The van der Waals surface area contributed by atoms with Gasteiger partial charge in [0.25, 0.3) is 8.05 Å². The molecule has 0 aliphatic rings. The van der Waals surface area contributed by atoms with Crippen molar-refractivity contribution in [1.82, 2.24) is 0 Å². The molecule has 6 heteroatoms. The van der Waals surface area contributed by atoms with Crippen molar-refractivity contribution in [2.24, 2.45) is 4.99 Å². The summed E-state index contributed by atoms with van der Waals surface area (Å²) in [5.74, 6) is 0. The second-order valence-corrected chi connectivity index (χ2v) is 1.33. The van der Waals surface area contributed by atoms with Crippen molar-refractivity contribution in [2.75, 3.05) is 13.2 Å². The average molecular weight is 142 g/mol. The molecule has 0 saturated heterocycles. The summed E-state index contributed by atoms with van der Waals surface area (Å²) in [7, 11) is 1.49. The van der Waals surface area contributed by atoms with Crippen LogP contribution in [0.2, 0.25) is 0 Å². The highest BCUT2D eigenvalue weighted by Gasteiger charge is 1.94. The predicted molar refractivity (Wildman–Crippen MR) is 36.0 cm³/mol. The van der Waals surface area contributed by atoms with Gasteiger partial charge >= 0.3 is 6.09 Å². The fraction of sp³-hybridized carbons (Fsp3) is 0.500. The minimum atomic E-state index is -0.813. The van der Waals surface area contributed by atoms with Gasteiger partial charge < -0.3 is 9.39 Å². The molecule has 0 spiro atoms. The van der Waals surface area contributed by atoms with Gasteiger partial charge in [-0.05, 0) is 0 Å². The number of carbonyl (C=O) groups excluding carboxylic acids is 1. The van der Waals surface area contributed by atoms with Gasteiger partial charge in [0.1, 0.15) is 6.61 Å². The Hall–Kier alpha value is -1.13. The molecule has 0 fully saturated rings. The lowest BCUT2D eigenvalue weighted by atomic mass is 10.6. The van der Waals surface area contributed by atoms with E-state index >= 15 is 0 Å². The molecule has 0 bridgehead atoms. The van der Waals surface area contributed by atoms with Crippen LogP contribution in [0.1, 0.15) is 0 Å². The van der Waals surface area contributed by atoms with Crippen molar-refractivity contribution < 1.29 is 14.2 Å². The lowest BCUT2D eigenvalue weighted by Gasteiger charge is -1.97. The summed E-state index contributed by atoms with van der Waals surface area (Å²) in [5, 5.41) is 6.26. The molecule has 0 aromatic heterocycles. The monoisotopic (exact) mass is 142 g/mol. The van der Waals surface area contributed by atoms with Crippen LogP contribution in [0, 0.1) is 5.41 Å². The molecule has 0 rings (SSSR count). The maximum Gasteiger partial charge on any atom is 0.443 e. The summed E-state index contributed by atoms with van der Waals surface area (Å²) in [6.07, 6.45) is -0.813. The number of carbonyl (C=O) groups is 1. The zero-order chi connectivity index (χ0) is 7.82. The van der Waals surface area contributed by atoms with Gasteiger partial charge in [-0.25, -0.2) is 10.2 Å². The molecule has 0 unspecified atom stereocenters. The van der Waals surface area contributed by atoms with Crippen LogP contribution in [0.4, 0.5) is 4.79 Å². The second-order valence-electron chi connectivity index (χ2n) is 1.33. The van der Waals surface area contributed by atoms with Gasteiger partial charge in [-0.2, -0.15) is 0 Å². The first-order valence-electron chi connectivity index (χ1n) is 2.59. The molecule has 1 amide bonds. The molecular weight excluding hydrogens is 135 g/mol. The van der Waals surface area contributed by atoms with Crippen LogP contribution in [0.3, 0.4) is 0 Å². The third-order valence-electron chi connectivity index (χ3n) is 0.660. The molecule has 0 aliphatic heterocycles. The predicted octanol–water partition coefficient (Wildman–Crippen LogP) is -0.560. The first-order valence-corrected chi connectivity index (χ1v) is 2.59. The maximum atomic E-state index is 10.3. The van der Waals surface area contributed by atoms with Crippen molar-refractivity contribution in [3.63, 3.8) is 0 Å².